The number of halogens is 1. The van der Waals surface area contributed by atoms with Gasteiger partial charge in [0, 0.05) is 23.7 Å². The number of hydrogen-bond acceptors (Lipinski definition) is 5. The van der Waals surface area contributed by atoms with E-state index in [2.05, 4.69) is 16.0 Å². The van der Waals surface area contributed by atoms with Gasteiger partial charge in [-0.1, -0.05) is 19.1 Å². The van der Waals surface area contributed by atoms with E-state index in [-0.39, 0.29) is 42.7 Å². The number of hydrogen-bond donors (Lipinski definition) is 4. The molecule has 0 aliphatic carbocycles. The number of urea groups is 1. The normalized spacial score (nSPS) is 23.1. The molecule has 0 aromatic heterocycles. The van der Waals surface area contributed by atoms with Gasteiger partial charge in [0.05, 0.1) is 24.8 Å². The highest BCUT2D eigenvalue weighted by atomic mass is 19.1. The van der Waals surface area contributed by atoms with Crippen LogP contribution in [0.25, 0.3) is 0 Å². The number of nitrogens with one attached hydrogen (secondary N) is 3. The summed E-state index contributed by atoms with van der Waals surface area (Å²) < 4.78 is 25.8. The second kappa shape index (κ2) is 10.2. The van der Waals surface area contributed by atoms with Gasteiger partial charge in [-0.25, -0.2) is 9.18 Å². The molecule has 2 aliphatic heterocycles. The van der Waals surface area contributed by atoms with Crippen LogP contribution in [-0.4, -0.2) is 48.5 Å². The number of anilines is 2. The van der Waals surface area contributed by atoms with Crippen LogP contribution in [0.5, 0.6) is 5.75 Å². The highest BCUT2D eigenvalue weighted by Gasteiger charge is 2.46. The number of benzene rings is 2. The van der Waals surface area contributed by atoms with Crippen LogP contribution in [0.3, 0.4) is 0 Å². The molecule has 2 aromatic carbocycles. The molecule has 4 rings (SSSR count). The van der Waals surface area contributed by atoms with Crippen molar-refractivity contribution < 1.29 is 28.6 Å². The number of para-hydroxylation sites is 1. The zero-order valence-corrected chi connectivity index (χ0v) is 18.3. The summed E-state index contributed by atoms with van der Waals surface area (Å²) in [6, 6.07) is 10.6. The summed E-state index contributed by atoms with van der Waals surface area (Å²) in [6.45, 7) is 2.37. The highest BCUT2D eigenvalue weighted by molar-refractivity contribution is 5.99. The molecule has 0 bridgehead atoms. The van der Waals surface area contributed by atoms with Gasteiger partial charge < -0.3 is 30.5 Å². The van der Waals surface area contributed by atoms with E-state index < -0.39 is 18.0 Å². The maximum atomic E-state index is 13.8. The van der Waals surface area contributed by atoms with Gasteiger partial charge in [-0.15, -0.1) is 0 Å². The number of carbonyl (C=O) groups excluding carboxylic acids is 2. The molecule has 0 spiro atoms. The third-order valence-electron chi connectivity index (χ3n) is 5.86. The molecule has 2 aliphatic rings. The molecule has 2 heterocycles. The number of aliphatic hydroxyl groups is 1. The molecule has 4 N–H and O–H groups in total. The van der Waals surface area contributed by atoms with Gasteiger partial charge >= 0.3 is 6.03 Å². The second-order valence-corrected chi connectivity index (χ2v) is 8.27. The van der Waals surface area contributed by atoms with E-state index in [1.807, 2.05) is 13.0 Å². The SMILES string of the molecule is CCCNC(=O)C[C@H]1C[C@H]2c3cc(NC(=O)Nc4ccccc4F)ccc3O[C@H]2[C@@H](CO)O1. The molecule has 176 valence electrons. The minimum absolute atomic E-state index is 0.0824. The third-order valence-corrected chi connectivity index (χ3v) is 5.86. The van der Waals surface area contributed by atoms with Gasteiger partial charge in [0.1, 0.15) is 23.8 Å². The lowest BCUT2D eigenvalue weighted by molar-refractivity contribution is -0.142. The van der Waals surface area contributed by atoms with Crippen molar-refractivity contribution in [2.75, 3.05) is 23.8 Å². The van der Waals surface area contributed by atoms with Crippen molar-refractivity contribution >= 4 is 23.3 Å². The average molecular weight is 458 g/mol. The molecular weight excluding hydrogens is 429 g/mol. The van der Waals surface area contributed by atoms with Crippen LogP contribution in [0.15, 0.2) is 42.5 Å². The molecule has 3 amide bonds. The molecule has 1 saturated heterocycles. The summed E-state index contributed by atoms with van der Waals surface area (Å²) in [5.41, 5.74) is 1.49. The minimum Gasteiger partial charge on any atom is -0.487 e. The predicted octanol–water partition coefficient (Wildman–Crippen LogP) is 3.38. The fraction of sp³-hybridized carbons (Fsp3) is 0.417. The van der Waals surface area contributed by atoms with Crippen LogP contribution in [0.1, 0.15) is 37.7 Å². The Labute approximate surface area is 191 Å². The van der Waals surface area contributed by atoms with E-state index in [0.29, 0.717) is 24.4 Å². The highest BCUT2D eigenvalue weighted by Crippen LogP contribution is 2.47. The summed E-state index contributed by atoms with van der Waals surface area (Å²) in [7, 11) is 0. The van der Waals surface area contributed by atoms with Crippen molar-refractivity contribution in [1.29, 1.82) is 0 Å². The van der Waals surface area contributed by atoms with Crippen LogP contribution in [0, 0.1) is 5.82 Å². The molecule has 0 saturated carbocycles. The van der Waals surface area contributed by atoms with Gasteiger partial charge in [-0.2, -0.15) is 0 Å². The molecule has 1 fully saturated rings. The van der Waals surface area contributed by atoms with Crippen molar-refractivity contribution in [3.8, 4) is 5.75 Å². The molecule has 2 aromatic rings. The van der Waals surface area contributed by atoms with Crippen LogP contribution >= 0.6 is 0 Å². The predicted molar refractivity (Wildman–Crippen MR) is 121 cm³/mol. The Morgan fingerprint density at radius 3 is 2.76 bits per heavy atom. The smallest absolute Gasteiger partial charge is 0.323 e. The quantitative estimate of drug-likeness (QED) is 0.510. The first-order chi connectivity index (χ1) is 16.0. The minimum atomic E-state index is -0.568. The Morgan fingerprint density at radius 2 is 2.00 bits per heavy atom. The number of ether oxygens (including phenoxy) is 2. The summed E-state index contributed by atoms with van der Waals surface area (Å²) in [5.74, 6) is -0.0464. The Morgan fingerprint density at radius 1 is 1.18 bits per heavy atom. The Balaban J connectivity index is 1.46. The molecule has 0 unspecified atom stereocenters. The van der Waals surface area contributed by atoms with E-state index in [9.17, 15) is 19.1 Å². The van der Waals surface area contributed by atoms with Crippen molar-refractivity contribution in [2.45, 2.75) is 50.4 Å². The van der Waals surface area contributed by atoms with Crippen molar-refractivity contribution in [1.82, 2.24) is 5.32 Å². The van der Waals surface area contributed by atoms with Gasteiger partial charge in [0.15, 0.2) is 0 Å². The van der Waals surface area contributed by atoms with E-state index >= 15 is 0 Å². The first kappa shape index (κ1) is 23.0. The van der Waals surface area contributed by atoms with E-state index in [1.54, 1.807) is 24.3 Å². The summed E-state index contributed by atoms with van der Waals surface area (Å²) in [5, 5.41) is 17.9. The van der Waals surface area contributed by atoms with E-state index in [1.165, 1.54) is 12.1 Å². The first-order valence-electron chi connectivity index (χ1n) is 11.1. The zero-order chi connectivity index (χ0) is 23.4. The number of amides is 3. The zero-order valence-electron chi connectivity index (χ0n) is 18.3. The van der Waals surface area contributed by atoms with Gasteiger partial charge in [0.25, 0.3) is 0 Å². The van der Waals surface area contributed by atoms with Crippen molar-refractivity contribution in [3.63, 3.8) is 0 Å². The number of fused-ring (bicyclic) bond motifs is 3. The largest absolute Gasteiger partial charge is 0.487 e. The molecule has 9 heteroatoms. The van der Waals surface area contributed by atoms with Gasteiger partial charge in [0.2, 0.25) is 5.91 Å². The lowest BCUT2D eigenvalue weighted by Gasteiger charge is -2.37. The Kier molecular flexibility index (Phi) is 7.10. The van der Waals surface area contributed by atoms with E-state index in [0.717, 1.165) is 12.0 Å². The Bertz CT molecular complexity index is 1020. The molecular formula is C24H28FN3O5. The average Bonchev–Trinajstić information content (AvgIpc) is 3.16. The number of aliphatic hydroxyl groups excluding tert-OH is 1. The van der Waals surface area contributed by atoms with Crippen molar-refractivity contribution in [2.24, 2.45) is 0 Å². The van der Waals surface area contributed by atoms with Crippen molar-refractivity contribution in [3.05, 3.63) is 53.8 Å². The first-order valence-corrected chi connectivity index (χ1v) is 11.1. The van der Waals surface area contributed by atoms with Crippen LogP contribution in [0.2, 0.25) is 0 Å². The molecule has 4 atom stereocenters. The molecule has 33 heavy (non-hydrogen) atoms. The molecule has 0 radical (unpaired) electrons. The van der Waals surface area contributed by atoms with E-state index in [4.69, 9.17) is 9.47 Å². The maximum Gasteiger partial charge on any atom is 0.323 e. The van der Waals surface area contributed by atoms with Gasteiger partial charge in [-0.3, -0.25) is 4.79 Å². The monoisotopic (exact) mass is 457 g/mol. The fourth-order valence-corrected chi connectivity index (χ4v) is 4.36. The molecule has 8 nitrogen and oxygen atoms in total. The topological polar surface area (TPSA) is 109 Å². The Hall–Kier alpha value is -3.17. The fourth-order valence-electron chi connectivity index (χ4n) is 4.36. The van der Waals surface area contributed by atoms with Crippen LogP contribution in [0.4, 0.5) is 20.6 Å². The van der Waals surface area contributed by atoms with Crippen LogP contribution < -0.4 is 20.7 Å². The second-order valence-electron chi connectivity index (χ2n) is 8.27. The summed E-state index contributed by atoms with van der Waals surface area (Å²) >= 11 is 0. The summed E-state index contributed by atoms with van der Waals surface area (Å²) in [4.78, 5) is 24.5. The van der Waals surface area contributed by atoms with Gasteiger partial charge in [-0.05, 0) is 43.2 Å². The third kappa shape index (κ3) is 5.26. The lowest BCUT2D eigenvalue weighted by Crippen LogP contribution is -2.47. The maximum absolute atomic E-state index is 13.8. The standard InChI is InChI=1S/C24H28FN3O5/c1-2-9-26-22(30)12-15-11-17-16-10-14(7-8-20(16)33-23(17)21(13-29)32-15)27-24(31)28-19-6-4-3-5-18(19)25/h3-8,10,15,17,21,23,29H,2,9,11-13H2,1H3,(H,26,30)(H2,27,28,31)/t15-,17+,21-,23-/m1/s1. The summed E-state index contributed by atoms with van der Waals surface area (Å²) in [6.07, 6.45) is 0.332. The lowest BCUT2D eigenvalue weighted by atomic mass is 9.84. The van der Waals surface area contributed by atoms with Crippen LogP contribution in [-0.2, 0) is 9.53 Å². The number of carbonyl (C=O) groups is 2. The number of rotatable bonds is 7.